The summed E-state index contributed by atoms with van der Waals surface area (Å²) in [4.78, 5) is 11.8. The molecule has 0 bridgehead atoms. The van der Waals surface area contributed by atoms with Gasteiger partial charge in [0, 0.05) is 22.5 Å². The number of carbonyl (C=O) groups excluding carboxylic acids is 1. The fraction of sp³-hybridized carbons (Fsp3) is 0.533. The van der Waals surface area contributed by atoms with Gasteiger partial charge in [-0.05, 0) is 38.0 Å². The molecule has 1 heterocycles. The van der Waals surface area contributed by atoms with Gasteiger partial charge < -0.3 is 15.2 Å². The third kappa shape index (κ3) is 2.99. The number of nitrogens with two attached hydrogens (primary N) is 1. The molecule has 2 N–H and O–H groups in total. The van der Waals surface area contributed by atoms with Crippen LogP contribution in [-0.4, -0.2) is 19.7 Å². The van der Waals surface area contributed by atoms with Crippen LogP contribution in [-0.2, 0) is 16.0 Å². The molecule has 0 aromatic heterocycles. The average molecular weight is 342 g/mol. The molecule has 1 aliphatic heterocycles. The molecule has 0 radical (unpaired) electrons. The second-order valence-electron chi connectivity index (χ2n) is 5.77. The number of rotatable bonds is 4. The quantitative estimate of drug-likeness (QED) is 0.855. The Labute approximate surface area is 127 Å². The maximum atomic E-state index is 11.8. The van der Waals surface area contributed by atoms with Gasteiger partial charge in [-0.25, -0.2) is 0 Å². The summed E-state index contributed by atoms with van der Waals surface area (Å²) in [5.74, 6) is 0.627. The second-order valence-corrected chi connectivity index (χ2v) is 6.68. The van der Waals surface area contributed by atoms with Crippen molar-refractivity contribution in [2.75, 3.05) is 13.7 Å². The van der Waals surface area contributed by atoms with E-state index in [1.807, 2.05) is 19.9 Å². The predicted octanol–water partition coefficient (Wildman–Crippen LogP) is 2.97. The largest absolute Gasteiger partial charge is 0.493 e. The van der Waals surface area contributed by atoms with E-state index in [1.165, 1.54) is 12.7 Å². The fourth-order valence-corrected chi connectivity index (χ4v) is 3.12. The highest BCUT2D eigenvalue weighted by molar-refractivity contribution is 9.10. The van der Waals surface area contributed by atoms with Crippen LogP contribution in [0.25, 0.3) is 0 Å². The van der Waals surface area contributed by atoms with Crippen molar-refractivity contribution in [2.24, 2.45) is 11.1 Å². The van der Waals surface area contributed by atoms with Crippen molar-refractivity contribution in [3.63, 3.8) is 0 Å². The normalized spacial score (nSPS) is 15.4. The molecule has 5 heteroatoms. The van der Waals surface area contributed by atoms with Crippen LogP contribution >= 0.6 is 15.9 Å². The summed E-state index contributed by atoms with van der Waals surface area (Å²) < 4.78 is 11.5. The molecule has 4 nitrogen and oxygen atoms in total. The molecule has 1 aliphatic rings. The summed E-state index contributed by atoms with van der Waals surface area (Å²) >= 11 is 3.50. The molecule has 20 heavy (non-hydrogen) atoms. The summed E-state index contributed by atoms with van der Waals surface area (Å²) in [5, 5.41) is 0. The number of hydrogen-bond acceptors (Lipinski definition) is 4. The molecule has 0 saturated heterocycles. The molecule has 0 amide bonds. The van der Waals surface area contributed by atoms with Crippen LogP contribution < -0.4 is 10.5 Å². The van der Waals surface area contributed by atoms with E-state index in [9.17, 15) is 4.79 Å². The van der Waals surface area contributed by atoms with Crippen molar-refractivity contribution in [3.05, 3.63) is 27.7 Å². The Morgan fingerprint density at radius 2 is 2.25 bits per heavy atom. The van der Waals surface area contributed by atoms with Crippen LogP contribution in [0.15, 0.2) is 16.6 Å². The summed E-state index contributed by atoms with van der Waals surface area (Å²) in [7, 11) is 1.40. The first-order valence-electron chi connectivity index (χ1n) is 6.64. The van der Waals surface area contributed by atoms with Crippen molar-refractivity contribution in [3.8, 4) is 5.75 Å². The van der Waals surface area contributed by atoms with Gasteiger partial charge >= 0.3 is 5.97 Å². The number of esters is 1. The van der Waals surface area contributed by atoms with E-state index >= 15 is 0 Å². The van der Waals surface area contributed by atoms with Crippen molar-refractivity contribution in [1.82, 2.24) is 0 Å². The van der Waals surface area contributed by atoms with Crippen LogP contribution in [0.4, 0.5) is 0 Å². The van der Waals surface area contributed by atoms with Crippen molar-refractivity contribution < 1.29 is 14.3 Å². The Morgan fingerprint density at radius 3 is 2.90 bits per heavy atom. The Bertz CT molecular complexity index is 528. The standard InChI is InChI=1S/C15H20BrNO3/c1-15(2,14(18)19-3)8-12(17)11-7-10(16)6-9-4-5-20-13(9)11/h6-7,12H,4-5,8,17H2,1-3H3. The minimum absolute atomic E-state index is 0.250. The van der Waals surface area contributed by atoms with Crippen LogP contribution in [0, 0.1) is 5.41 Å². The Balaban J connectivity index is 2.26. The minimum Gasteiger partial charge on any atom is -0.493 e. The van der Waals surface area contributed by atoms with Crippen molar-refractivity contribution in [1.29, 1.82) is 0 Å². The fourth-order valence-electron chi connectivity index (χ4n) is 2.59. The van der Waals surface area contributed by atoms with E-state index < -0.39 is 5.41 Å². The van der Waals surface area contributed by atoms with E-state index in [1.54, 1.807) is 0 Å². The van der Waals surface area contributed by atoms with Gasteiger partial charge in [0.25, 0.3) is 0 Å². The van der Waals surface area contributed by atoms with Crippen LogP contribution in [0.3, 0.4) is 0 Å². The van der Waals surface area contributed by atoms with Crippen LogP contribution in [0.2, 0.25) is 0 Å². The first-order valence-corrected chi connectivity index (χ1v) is 7.43. The van der Waals surface area contributed by atoms with Crippen molar-refractivity contribution in [2.45, 2.75) is 32.7 Å². The molecule has 0 aliphatic carbocycles. The number of ether oxygens (including phenoxy) is 2. The molecule has 0 spiro atoms. The zero-order valence-corrected chi connectivity index (χ0v) is 13.6. The summed E-state index contributed by atoms with van der Waals surface area (Å²) in [6, 6.07) is 3.76. The maximum absolute atomic E-state index is 11.8. The number of carbonyl (C=O) groups is 1. The molecule has 2 rings (SSSR count). The van der Waals surface area contributed by atoms with Gasteiger partial charge in [0.05, 0.1) is 19.1 Å². The smallest absolute Gasteiger partial charge is 0.311 e. The van der Waals surface area contributed by atoms with Crippen LogP contribution in [0.1, 0.15) is 37.4 Å². The Kier molecular flexibility index (Phi) is 4.39. The lowest BCUT2D eigenvalue weighted by molar-refractivity contribution is -0.151. The first-order chi connectivity index (χ1) is 9.35. The van der Waals surface area contributed by atoms with Gasteiger partial charge in [0.15, 0.2) is 0 Å². The molecule has 1 unspecified atom stereocenters. The molecule has 1 atom stereocenters. The number of methoxy groups -OCH3 is 1. The molecule has 110 valence electrons. The minimum atomic E-state index is -0.623. The summed E-state index contributed by atoms with van der Waals surface area (Å²) in [5.41, 5.74) is 7.80. The molecule has 1 aromatic carbocycles. The highest BCUT2D eigenvalue weighted by Crippen LogP contribution is 2.39. The van der Waals surface area contributed by atoms with E-state index in [0.717, 1.165) is 22.2 Å². The van der Waals surface area contributed by atoms with Gasteiger partial charge in [-0.2, -0.15) is 0 Å². The Hall–Kier alpha value is -1.07. The lowest BCUT2D eigenvalue weighted by Crippen LogP contribution is -2.30. The van der Waals surface area contributed by atoms with Gasteiger partial charge in [-0.15, -0.1) is 0 Å². The average Bonchev–Trinajstić information content (AvgIpc) is 2.83. The number of hydrogen-bond donors (Lipinski definition) is 1. The van der Waals surface area contributed by atoms with E-state index in [2.05, 4.69) is 22.0 Å². The molecule has 0 saturated carbocycles. The van der Waals surface area contributed by atoms with E-state index in [0.29, 0.717) is 13.0 Å². The van der Waals surface area contributed by atoms with E-state index in [-0.39, 0.29) is 12.0 Å². The summed E-state index contributed by atoms with van der Waals surface area (Å²) in [6.45, 7) is 4.38. The van der Waals surface area contributed by atoms with Gasteiger partial charge in [-0.3, -0.25) is 4.79 Å². The zero-order valence-electron chi connectivity index (χ0n) is 12.0. The lowest BCUT2D eigenvalue weighted by Gasteiger charge is -2.26. The molecule has 0 fully saturated rings. The highest BCUT2D eigenvalue weighted by Gasteiger charge is 2.33. The summed E-state index contributed by atoms with van der Waals surface area (Å²) in [6.07, 6.45) is 1.40. The van der Waals surface area contributed by atoms with E-state index in [4.69, 9.17) is 15.2 Å². The van der Waals surface area contributed by atoms with Gasteiger partial charge in [0.1, 0.15) is 5.75 Å². The highest BCUT2D eigenvalue weighted by atomic mass is 79.9. The zero-order chi connectivity index (χ0) is 14.9. The number of benzene rings is 1. The number of fused-ring (bicyclic) bond motifs is 1. The first kappa shape index (κ1) is 15.3. The third-order valence-corrected chi connectivity index (χ3v) is 4.10. The topological polar surface area (TPSA) is 61.5 Å². The second kappa shape index (κ2) is 5.74. The molecular weight excluding hydrogens is 322 g/mol. The SMILES string of the molecule is COC(=O)C(C)(C)CC(N)c1cc(Br)cc2c1OCC2. The Morgan fingerprint density at radius 1 is 1.55 bits per heavy atom. The molecule has 1 aromatic rings. The van der Waals surface area contributed by atoms with Gasteiger partial charge in [-0.1, -0.05) is 15.9 Å². The molecular formula is C15H20BrNO3. The van der Waals surface area contributed by atoms with Crippen molar-refractivity contribution >= 4 is 21.9 Å². The number of halogens is 1. The predicted molar refractivity (Wildman–Crippen MR) is 80.7 cm³/mol. The lowest BCUT2D eigenvalue weighted by atomic mass is 9.83. The van der Waals surface area contributed by atoms with Crippen LogP contribution in [0.5, 0.6) is 5.75 Å². The maximum Gasteiger partial charge on any atom is 0.311 e. The van der Waals surface area contributed by atoms with Gasteiger partial charge in [0.2, 0.25) is 0 Å². The monoisotopic (exact) mass is 341 g/mol. The third-order valence-electron chi connectivity index (χ3n) is 3.64.